The average Bonchev–Trinajstić information content (AvgIpc) is 3.57. The van der Waals surface area contributed by atoms with Crippen LogP contribution in [0, 0.1) is 12.8 Å². The molecule has 3 aliphatic heterocycles. The molecular weight excluding hydrogens is 516 g/mol. The number of benzene rings is 2. The Balaban J connectivity index is 1.26. The second-order valence-electron chi connectivity index (χ2n) is 10.4. The van der Waals surface area contributed by atoms with Gasteiger partial charge in [0.05, 0.1) is 23.4 Å². The van der Waals surface area contributed by atoms with E-state index in [1.54, 1.807) is 29.5 Å². The van der Waals surface area contributed by atoms with E-state index in [0.29, 0.717) is 61.5 Å². The molecule has 7 rings (SSSR count). The van der Waals surface area contributed by atoms with E-state index in [9.17, 15) is 9.59 Å². The molecule has 2 fully saturated rings. The smallest absolute Gasteiger partial charge is 0.258 e. The number of likely N-dealkylation sites (tertiary alicyclic amines) is 1. The molecule has 3 aromatic rings. The van der Waals surface area contributed by atoms with Crippen molar-refractivity contribution in [2.75, 3.05) is 26.3 Å². The van der Waals surface area contributed by atoms with Crippen molar-refractivity contribution >= 4 is 23.2 Å². The van der Waals surface area contributed by atoms with Crippen LogP contribution in [0.1, 0.15) is 39.5 Å². The van der Waals surface area contributed by atoms with Crippen LogP contribution in [0.2, 0.25) is 0 Å². The third kappa shape index (κ3) is 6.69. The first-order chi connectivity index (χ1) is 19.0. The maximum Gasteiger partial charge on any atom is 0.258 e. The van der Waals surface area contributed by atoms with Gasteiger partial charge >= 0.3 is 0 Å². The largest absolute Gasteiger partial charge is 0.493 e. The molecule has 2 aromatic carbocycles. The minimum atomic E-state index is -0.250. The van der Waals surface area contributed by atoms with Crippen LogP contribution >= 0.6 is 11.3 Å². The standard InChI is InChI=1S/C29H32N4O5S/c1-18-31-22(17-39-18)12-33-13-26-27(14-33)38-23-6-4-19(5-7-23)11-30-28(34)16-37-25-9-21(29(35)32-26)8-24(10-25)36-15-20-2-3-20/h4-10,17,20,26-27H,2-3,11-16H2,1H3,(H,30,34)(H,32,35)/t26-,27-/m0/s1. The van der Waals surface area contributed by atoms with Gasteiger partial charge in [0.1, 0.15) is 23.4 Å². The Morgan fingerprint density at radius 1 is 1.10 bits per heavy atom. The molecular formula is C29H32N4O5S. The van der Waals surface area contributed by atoms with Gasteiger partial charge in [0.15, 0.2) is 6.61 Å². The maximum absolute atomic E-state index is 13.5. The number of amides is 2. The molecule has 0 radical (unpaired) electrons. The Labute approximate surface area is 231 Å². The van der Waals surface area contributed by atoms with Crippen LogP contribution in [0.3, 0.4) is 0 Å². The second-order valence-corrected chi connectivity index (χ2v) is 11.5. The van der Waals surface area contributed by atoms with Gasteiger partial charge in [-0.05, 0) is 55.5 Å². The van der Waals surface area contributed by atoms with Crippen molar-refractivity contribution in [2.24, 2.45) is 5.92 Å². The fourth-order valence-corrected chi connectivity index (χ4v) is 5.43. The second kappa shape index (κ2) is 11.2. The number of aryl methyl sites for hydroxylation is 1. The molecule has 1 aliphatic carbocycles. The molecule has 1 saturated heterocycles. The minimum absolute atomic E-state index is 0.163. The van der Waals surface area contributed by atoms with Gasteiger partial charge in [0.25, 0.3) is 11.8 Å². The van der Waals surface area contributed by atoms with Crippen molar-refractivity contribution in [3.8, 4) is 17.2 Å². The summed E-state index contributed by atoms with van der Waals surface area (Å²) >= 11 is 1.64. The first kappa shape index (κ1) is 25.6. The van der Waals surface area contributed by atoms with Crippen LogP contribution in [-0.2, 0) is 17.9 Å². The molecule has 39 heavy (non-hydrogen) atoms. The van der Waals surface area contributed by atoms with Crippen LogP contribution in [0.4, 0.5) is 0 Å². The summed E-state index contributed by atoms with van der Waals surface area (Å²) in [5, 5.41) is 9.18. The van der Waals surface area contributed by atoms with Gasteiger partial charge < -0.3 is 24.8 Å². The summed E-state index contributed by atoms with van der Waals surface area (Å²) in [7, 11) is 0. The van der Waals surface area contributed by atoms with E-state index in [-0.39, 0.29) is 30.6 Å². The Morgan fingerprint density at radius 3 is 2.72 bits per heavy atom. The number of nitrogens with zero attached hydrogens (tertiary/aromatic N) is 2. The third-order valence-electron chi connectivity index (χ3n) is 7.11. The van der Waals surface area contributed by atoms with E-state index in [0.717, 1.165) is 29.1 Å². The van der Waals surface area contributed by atoms with Crippen LogP contribution in [0.5, 0.6) is 17.2 Å². The number of hydrogen-bond donors (Lipinski definition) is 2. The van der Waals surface area contributed by atoms with Gasteiger partial charge in [0.2, 0.25) is 0 Å². The highest BCUT2D eigenvalue weighted by Crippen LogP contribution is 2.31. The van der Waals surface area contributed by atoms with Gasteiger partial charge in [-0.2, -0.15) is 0 Å². The molecule has 1 aromatic heterocycles. The molecule has 204 valence electrons. The molecule has 0 spiro atoms. The lowest BCUT2D eigenvalue weighted by Crippen LogP contribution is -2.45. The first-order valence-electron chi connectivity index (χ1n) is 13.3. The molecule has 1 saturated carbocycles. The molecule has 2 N–H and O–H groups in total. The number of fused-ring (bicyclic) bond motifs is 7. The summed E-state index contributed by atoms with van der Waals surface area (Å²) < 4.78 is 18.2. The summed E-state index contributed by atoms with van der Waals surface area (Å²) in [5.74, 6) is 1.75. The Morgan fingerprint density at radius 2 is 1.95 bits per heavy atom. The van der Waals surface area contributed by atoms with E-state index in [1.807, 2.05) is 31.2 Å². The van der Waals surface area contributed by atoms with Crippen molar-refractivity contribution in [1.82, 2.24) is 20.5 Å². The summed E-state index contributed by atoms with van der Waals surface area (Å²) in [6, 6.07) is 12.5. The highest BCUT2D eigenvalue weighted by atomic mass is 32.1. The molecule has 0 unspecified atom stereocenters. The van der Waals surface area contributed by atoms with Crippen LogP contribution in [0.15, 0.2) is 47.8 Å². The van der Waals surface area contributed by atoms with E-state index >= 15 is 0 Å². The zero-order chi connectivity index (χ0) is 26.8. The Bertz CT molecular complexity index is 1340. The van der Waals surface area contributed by atoms with Gasteiger partial charge in [-0.15, -0.1) is 11.3 Å². The van der Waals surface area contributed by atoms with E-state index in [4.69, 9.17) is 14.2 Å². The predicted octanol–water partition coefficient (Wildman–Crippen LogP) is 3.31. The average molecular weight is 549 g/mol. The first-order valence-corrected chi connectivity index (χ1v) is 14.2. The number of thiazole rings is 1. The zero-order valence-corrected chi connectivity index (χ0v) is 22.7. The van der Waals surface area contributed by atoms with E-state index in [1.165, 1.54) is 0 Å². The van der Waals surface area contributed by atoms with E-state index < -0.39 is 0 Å². The molecule has 4 bridgehead atoms. The predicted molar refractivity (Wildman–Crippen MR) is 146 cm³/mol. The number of ether oxygens (including phenoxy) is 3. The lowest BCUT2D eigenvalue weighted by molar-refractivity contribution is -0.123. The molecule has 2 atom stereocenters. The van der Waals surface area contributed by atoms with Gasteiger partial charge in [-0.1, -0.05) is 12.1 Å². The van der Waals surface area contributed by atoms with Crippen LogP contribution in [0.25, 0.3) is 0 Å². The summed E-state index contributed by atoms with van der Waals surface area (Å²) in [4.78, 5) is 32.8. The Kier molecular flexibility index (Phi) is 7.38. The van der Waals surface area contributed by atoms with Gasteiger partial charge in [-0.3, -0.25) is 14.5 Å². The van der Waals surface area contributed by atoms with Gasteiger partial charge in [-0.25, -0.2) is 4.98 Å². The van der Waals surface area contributed by atoms with Crippen molar-refractivity contribution in [1.29, 1.82) is 0 Å². The minimum Gasteiger partial charge on any atom is -0.493 e. The zero-order valence-electron chi connectivity index (χ0n) is 21.9. The fourth-order valence-electron chi connectivity index (χ4n) is 4.83. The topological polar surface area (TPSA) is 102 Å². The highest BCUT2D eigenvalue weighted by molar-refractivity contribution is 7.09. The normalized spacial score (nSPS) is 21.8. The quantitative estimate of drug-likeness (QED) is 0.505. The summed E-state index contributed by atoms with van der Waals surface area (Å²) in [5.41, 5.74) is 2.39. The highest BCUT2D eigenvalue weighted by Gasteiger charge is 2.36. The van der Waals surface area contributed by atoms with Gasteiger partial charge in [0, 0.05) is 43.2 Å². The van der Waals surface area contributed by atoms with Crippen LogP contribution < -0.4 is 24.8 Å². The number of carbonyl (C=O) groups is 2. The van der Waals surface area contributed by atoms with Crippen LogP contribution in [-0.4, -0.2) is 60.1 Å². The van der Waals surface area contributed by atoms with Crippen molar-refractivity contribution in [2.45, 2.75) is 45.0 Å². The maximum atomic E-state index is 13.5. The molecule has 10 heteroatoms. The lowest BCUT2D eigenvalue weighted by Gasteiger charge is -2.22. The molecule has 9 nitrogen and oxygen atoms in total. The lowest BCUT2D eigenvalue weighted by atomic mass is 10.1. The summed E-state index contributed by atoms with van der Waals surface area (Å²) in [6.07, 6.45) is 2.07. The SMILES string of the molecule is Cc1nc(CN2C[C@@H]3NC(=O)c4cc(cc(OCC5CC5)c4)OCC(=O)NCc4ccc(cc4)O[C@H]3C2)cs1. The molecule has 2 amide bonds. The fraction of sp³-hybridized carbons (Fsp3) is 0.414. The molecule has 4 aliphatic rings. The molecule has 4 heterocycles. The Hall–Kier alpha value is -3.63. The van der Waals surface area contributed by atoms with Crippen molar-refractivity contribution in [3.63, 3.8) is 0 Å². The monoisotopic (exact) mass is 548 g/mol. The number of aromatic nitrogens is 1. The summed E-state index contributed by atoms with van der Waals surface area (Å²) in [6.45, 7) is 4.80. The van der Waals surface area contributed by atoms with E-state index in [2.05, 4.69) is 25.9 Å². The third-order valence-corrected chi connectivity index (χ3v) is 7.93. The van der Waals surface area contributed by atoms with Crippen molar-refractivity contribution in [3.05, 3.63) is 69.7 Å². The number of hydrogen-bond acceptors (Lipinski definition) is 8. The van der Waals surface area contributed by atoms with Crippen molar-refractivity contribution < 1.29 is 23.8 Å². The number of carbonyl (C=O) groups excluding carboxylic acids is 2. The number of rotatable bonds is 5. The number of nitrogens with one attached hydrogen (secondary N) is 2.